The fraction of sp³-hybridized carbons (Fsp3) is 0.435. The predicted molar refractivity (Wildman–Crippen MR) is 113 cm³/mol. The van der Waals surface area contributed by atoms with Gasteiger partial charge in [0.05, 0.1) is 6.04 Å². The van der Waals surface area contributed by atoms with Gasteiger partial charge in [0.1, 0.15) is 0 Å². The largest absolute Gasteiger partial charge is 0.371 e. The van der Waals surface area contributed by atoms with E-state index < -0.39 is 0 Å². The molecule has 1 N–H and O–H groups in total. The third kappa shape index (κ3) is 5.74. The van der Waals surface area contributed by atoms with Crippen molar-refractivity contribution in [3.63, 3.8) is 0 Å². The van der Waals surface area contributed by atoms with E-state index in [4.69, 9.17) is 11.6 Å². The van der Waals surface area contributed by atoms with E-state index in [1.807, 2.05) is 31.2 Å². The first-order chi connectivity index (χ1) is 13.0. The molecule has 3 nitrogen and oxygen atoms in total. The van der Waals surface area contributed by atoms with Crippen molar-refractivity contribution in [3.05, 3.63) is 64.7 Å². The lowest BCUT2D eigenvalue weighted by Crippen LogP contribution is -2.34. The second kappa shape index (κ2) is 9.27. The minimum absolute atomic E-state index is 0.0112. The first-order valence-corrected chi connectivity index (χ1v) is 10.3. The minimum atomic E-state index is 0.0112. The Morgan fingerprint density at radius 1 is 1.19 bits per heavy atom. The number of nitrogens with zero attached hydrogens (tertiary/aromatic N) is 1. The third-order valence-electron chi connectivity index (χ3n) is 5.35. The Kier molecular flexibility index (Phi) is 6.78. The minimum Gasteiger partial charge on any atom is -0.371 e. The van der Waals surface area contributed by atoms with Crippen molar-refractivity contribution in [2.45, 2.75) is 45.6 Å². The Hall–Kier alpha value is -2.00. The highest BCUT2D eigenvalue weighted by molar-refractivity contribution is 6.30. The molecule has 2 aromatic carbocycles. The Morgan fingerprint density at radius 3 is 2.56 bits per heavy atom. The van der Waals surface area contributed by atoms with Crippen molar-refractivity contribution in [2.75, 3.05) is 18.0 Å². The van der Waals surface area contributed by atoms with Crippen molar-refractivity contribution < 1.29 is 4.79 Å². The second-order valence-electron chi connectivity index (χ2n) is 7.70. The number of hydrogen-bond donors (Lipinski definition) is 1. The number of benzene rings is 2. The Labute approximate surface area is 167 Å². The van der Waals surface area contributed by atoms with E-state index in [2.05, 4.69) is 41.4 Å². The maximum Gasteiger partial charge on any atom is 0.220 e. The summed E-state index contributed by atoms with van der Waals surface area (Å²) in [6, 6.07) is 16.3. The molecule has 0 saturated carbocycles. The molecule has 4 heteroatoms. The molecule has 2 aromatic rings. The van der Waals surface area contributed by atoms with E-state index in [9.17, 15) is 4.79 Å². The van der Waals surface area contributed by atoms with Crippen molar-refractivity contribution >= 4 is 23.2 Å². The van der Waals surface area contributed by atoms with Gasteiger partial charge < -0.3 is 10.2 Å². The number of rotatable bonds is 6. The van der Waals surface area contributed by atoms with Gasteiger partial charge in [0.2, 0.25) is 5.91 Å². The molecule has 27 heavy (non-hydrogen) atoms. The zero-order valence-electron chi connectivity index (χ0n) is 16.2. The zero-order chi connectivity index (χ0) is 19.2. The van der Waals surface area contributed by atoms with Crippen LogP contribution in [0.3, 0.4) is 0 Å². The maximum atomic E-state index is 12.3. The van der Waals surface area contributed by atoms with Crippen LogP contribution in [0.4, 0.5) is 5.69 Å². The van der Waals surface area contributed by atoms with Crippen LogP contribution in [0.15, 0.2) is 48.5 Å². The normalized spacial score (nSPS) is 18.2. The molecule has 1 amide bonds. The highest BCUT2D eigenvalue weighted by atomic mass is 35.5. The van der Waals surface area contributed by atoms with Crippen molar-refractivity contribution in [2.24, 2.45) is 5.92 Å². The molecule has 1 saturated heterocycles. The highest BCUT2D eigenvalue weighted by Gasteiger charge is 2.17. The Bertz CT molecular complexity index is 742. The number of piperidine rings is 1. The van der Waals surface area contributed by atoms with E-state index in [0.717, 1.165) is 41.6 Å². The number of anilines is 1. The number of amides is 1. The molecule has 144 valence electrons. The summed E-state index contributed by atoms with van der Waals surface area (Å²) >= 11 is 5.90. The van der Waals surface area contributed by atoms with Gasteiger partial charge in [0.15, 0.2) is 0 Å². The molecular weight excluding hydrogens is 356 g/mol. The lowest BCUT2D eigenvalue weighted by atomic mass is 9.99. The van der Waals surface area contributed by atoms with Gasteiger partial charge in [-0.3, -0.25) is 4.79 Å². The van der Waals surface area contributed by atoms with Gasteiger partial charge in [0.25, 0.3) is 0 Å². The monoisotopic (exact) mass is 384 g/mol. The van der Waals surface area contributed by atoms with Gasteiger partial charge in [-0.1, -0.05) is 42.8 Å². The molecule has 0 bridgehead atoms. The zero-order valence-corrected chi connectivity index (χ0v) is 17.0. The molecule has 0 aromatic heterocycles. The topological polar surface area (TPSA) is 32.3 Å². The average molecular weight is 385 g/mol. The summed E-state index contributed by atoms with van der Waals surface area (Å²) < 4.78 is 0. The van der Waals surface area contributed by atoms with Crippen molar-refractivity contribution in [3.8, 4) is 0 Å². The summed E-state index contributed by atoms with van der Waals surface area (Å²) in [5.74, 6) is 0.837. The molecule has 1 fully saturated rings. The molecule has 1 heterocycles. The van der Waals surface area contributed by atoms with Crippen LogP contribution in [0.5, 0.6) is 0 Å². The molecule has 2 unspecified atom stereocenters. The van der Waals surface area contributed by atoms with Gasteiger partial charge >= 0.3 is 0 Å². The Morgan fingerprint density at radius 2 is 1.89 bits per heavy atom. The number of carbonyl (C=O) groups is 1. The molecule has 0 aliphatic carbocycles. The van der Waals surface area contributed by atoms with Crippen molar-refractivity contribution in [1.82, 2.24) is 5.32 Å². The number of hydrogen-bond acceptors (Lipinski definition) is 2. The lowest BCUT2D eigenvalue weighted by Gasteiger charge is -2.33. The molecule has 0 radical (unpaired) electrons. The van der Waals surface area contributed by atoms with Crippen LogP contribution < -0.4 is 10.2 Å². The summed E-state index contributed by atoms with van der Waals surface area (Å²) in [6.45, 7) is 6.64. The van der Waals surface area contributed by atoms with Crippen LogP contribution in [-0.4, -0.2) is 19.0 Å². The van der Waals surface area contributed by atoms with Crippen LogP contribution in [0.25, 0.3) is 0 Å². The predicted octanol–water partition coefficient (Wildman–Crippen LogP) is 5.39. The molecule has 3 rings (SSSR count). The fourth-order valence-corrected chi connectivity index (χ4v) is 3.83. The van der Waals surface area contributed by atoms with Crippen LogP contribution in [0, 0.1) is 5.92 Å². The summed E-state index contributed by atoms with van der Waals surface area (Å²) in [5, 5.41) is 3.83. The first kappa shape index (κ1) is 19.8. The molecular formula is C23H29ClN2O. The second-order valence-corrected chi connectivity index (χ2v) is 8.14. The SMILES string of the molecule is CC1CCCN(c2ccc(C(C)NC(=O)CCc3ccc(Cl)cc3)cc2)C1. The quantitative estimate of drug-likeness (QED) is 0.724. The van der Waals surface area contributed by atoms with Gasteiger partial charge in [0, 0.05) is 30.2 Å². The molecule has 1 aliphatic heterocycles. The van der Waals surface area contributed by atoms with Crippen LogP contribution in [0.1, 0.15) is 50.3 Å². The van der Waals surface area contributed by atoms with Crippen LogP contribution >= 0.6 is 11.6 Å². The summed E-state index contributed by atoms with van der Waals surface area (Å²) in [6.07, 6.45) is 3.80. The first-order valence-electron chi connectivity index (χ1n) is 9.90. The van der Waals surface area contributed by atoms with Crippen molar-refractivity contribution in [1.29, 1.82) is 0 Å². The smallest absolute Gasteiger partial charge is 0.220 e. The average Bonchev–Trinajstić information content (AvgIpc) is 2.67. The van der Waals surface area contributed by atoms with Crippen LogP contribution in [-0.2, 0) is 11.2 Å². The number of nitrogens with one attached hydrogen (secondary N) is 1. The summed E-state index contributed by atoms with van der Waals surface area (Å²) in [5.41, 5.74) is 3.55. The molecule has 0 spiro atoms. The Balaban J connectivity index is 1.50. The lowest BCUT2D eigenvalue weighted by molar-refractivity contribution is -0.121. The van der Waals surface area contributed by atoms with E-state index in [-0.39, 0.29) is 11.9 Å². The third-order valence-corrected chi connectivity index (χ3v) is 5.60. The fourth-order valence-electron chi connectivity index (χ4n) is 3.70. The van der Waals surface area contributed by atoms with Gasteiger partial charge in [-0.2, -0.15) is 0 Å². The number of aryl methyl sites for hydroxylation is 1. The standard InChI is InChI=1S/C23H29ClN2O/c1-17-4-3-15-26(16-17)22-12-8-20(9-13-22)18(2)25-23(27)14-7-19-5-10-21(24)11-6-19/h5-6,8-13,17-18H,3-4,7,14-16H2,1-2H3,(H,25,27). The number of halogens is 1. The van der Waals surface area contributed by atoms with E-state index in [0.29, 0.717) is 6.42 Å². The van der Waals surface area contributed by atoms with E-state index in [1.165, 1.54) is 18.5 Å². The summed E-state index contributed by atoms with van der Waals surface area (Å²) in [7, 11) is 0. The van der Waals surface area contributed by atoms with Gasteiger partial charge in [-0.25, -0.2) is 0 Å². The number of carbonyl (C=O) groups excluding carboxylic acids is 1. The molecule has 1 aliphatic rings. The van der Waals surface area contributed by atoms with Crippen LogP contribution in [0.2, 0.25) is 5.02 Å². The maximum absolute atomic E-state index is 12.3. The van der Waals surface area contributed by atoms with Gasteiger partial charge in [-0.05, 0) is 67.5 Å². The molecule has 2 atom stereocenters. The van der Waals surface area contributed by atoms with Gasteiger partial charge in [-0.15, -0.1) is 0 Å². The van der Waals surface area contributed by atoms with E-state index >= 15 is 0 Å². The summed E-state index contributed by atoms with van der Waals surface area (Å²) in [4.78, 5) is 14.7. The van der Waals surface area contributed by atoms with E-state index in [1.54, 1.807) is 0 Å². The highest BCUT2D eigenvalue weighted by Crippen LogP contribution is 2.24.